The number of likely N-dealkylation sites (tertiary alicyclic amines) is 1. The minimum atomic E-state index is -0.677. The Balaban J connectivity index is 1.60. The summed E-state index contributed by atoms with van der Waals surface area (Å²) in [6.07, 6.45) is 1.48. The van der Waals surface area contributed by atoms with E-state index >= 15 is 0 Å². The molecular formula is C20H19FN2O3. The zero-order valence-electron chi connectivity index (χ0n) is 14.2. The molecule has 1 N–H and O–H groups in total. The highest BCUT2D eigenvalue weighted by molar-refractivity contribution is 5.97. The molecule has 26 heavy (non-hydrogen) atoms. The average Bonchev–Trinajstić information content (AvgIpc) is 2.78. The van der Waals surface area contributed by atoms with Gasteiger partial charge in [-0.25, -0.2) is 4.39 Å². The molecule has 2 heterocycles. The third-order valence-corrected chi connectivity index (χ3v) is 4.93. The van der Waals surface area contributed by atoms with E-state index in [1.807, 2.05) is 6.07 Å². The van der Waals surface area contributed by atoms with Crippen LogP contribution in [0.25, 0.3) is 0 Å². The number of carbonyl (C=O) groups is 2. The molecule has 1 atom stereocenters. The second-order valence-corrected chi connectivity index (χ2v) is 6.80. The fourth-order valence-corrected chi connectivity index (χ4v) is 3.65. The van der Waals surface area contributed by atoms with Gasteiger partial charge in [0.25, 0.3) is 11.8 Å². The molecule has 0 radical (unpaired) electrons. The fraction of sp³-hybridized carbons (Fsp3) is 0.300. The van der Waals surface area contributed by atoms with Gasteiger partial charge in [-0.3, -0.25) is 9.59 Å². The van der Waals surface area contributed by atoms with E-state index in [0.717, 1.165) is 12.8 Å². The van der Waals surface area contributed by atoms with Crippen LogP contribution >= 0.6 is 0 Å². The lowest BCUT2D eigenvalue weighted by molar-refractivity contribution is -0.000873. The van der Waals surface area contributed by atoms with Gasteiger partial charge in [0.1, 0.15) is 17.2 Å². The van der Waals surface area contributed by atoms with Crippen molar-refractivity contribution >= 4 is 11.8 Å². The van der Waals surface area contributed by atoms with E-state index in [2.05, 4.69) is 5.32 Å². The number of para-hydroxylation sites is 1. The fourth-order valence-electron chi connectivity index (χ4n) is 3.65. The first-order chi connectivity index (χ1) is 12.6. The van der Waals surface area contributed by atoms with Gasteiger partial charge in [-0.1, -0.05) is 18.2 Å². The van der Waals surface area contributed by atoms with E-state index in [0.29, 0.717) is 36.5 Å². The lowest BCUT2D eigenvalue weighted by atomic mass is 9.91. The van der Waals surface area contributed by atoms with Crippen molar-refractivity contribution in [1.82, 2.24) is 10.2 Å². The van der Waals surface area contributed by atoms with Crippen LogP contribution in [0, 0.1) is 5.82 Å². The summed E-state index contributed by atoms with van der Waals surface area (Å²) in [5.41, 5.74) is 0.141. The van der Waals surface area contributed by atoms with Gasteiger partial charge in [0.2, 0.25) is 0 Å². The maximum Gasteiger partial charge on any atom is 0.255 e. The predicted molar refractivity (Wildman–Crippen MR) is 93.7 cm³/mol. The SMILES string of the molecule is O=C1NCC2(CCCN(C(=O)c3cccc(F)c3)C2)Oc2ccccc21. The van der Waals surface area contributed by atoms with Crippen molar-refractivity contribution in [1.29, 1.82) is 0 Å². The molecule has 0 saturated carbocycles. The number of hydrogen-bond acceptors (Lipinski definition) is 3. The molecule has 5 nitrogen and oxygen atoms in total. The van der Waals surface area contributed by atoms with Crippen LogP contribution in [0.1, 0.15) is 33.6 Å². The Morgan fingerprint density at radius 1 is 1.19 bits per heavy atom. The number of hydrogen-bond donors (Lipinski definition) is 1. The highest BCUT2D eigenvalue weighted by Crippen LogP contribution is 2.32. The summed E-state index contributed by atoms with van der Waals surface area (Å²) in [5, 5.41) is 2.91. The Kier molecular flexibility index (Phi) is 4.11. The van der Waals surface area contributed by atoms with Crippen LogP contribution in [0.2, 0.25) is 0 Å². The third-order valence-electron chi connectivity index (χ3n) is 4.93. The van der Waals surface area contributed by atoms with Crippen molar-refractivity contribution in [3.8, 4) is 5.75 Å². The Hall–Kier alpha value is -2.89. The topological polar surface area (TPSA) is 58.6 Å². The number of nitrogens with one attached hydrogen (secondary N) is 1. The first-order valence-corrected chi connectivity index (χ1v) is 8.67. The monoisotopic (exact) mass is 354 g/mol. The number of amides is 2. The van der Waals surface area contributed by atoms with Crippen molar-refractivity contribution in [2.45, 2.75) is 18.4 Å². The minimum Gasteiger partial charge on any atom is -0.483 e. The maximum absolute atomic E-state index is 13.5. The number of ether oxygens (including phenoxy) is 1. The summed E-state index contributed by atoms with van der Waals surface area (Å²) < 4.78 is 19.7. The lowest BCUT2D eigenvalue weighted by Crippen LogP contribution is -2.57. The van der Waals surface area contributed by atoms with Crippen LogP contribution in [-0.4, -0.2) is 41.9 Å². The van der Waals surface area contributed by atoms with Crippen molar-refractivity contribution in [2.24, 2.45) is 0 Å². The molecule has 0 aliphatic carbocycles. The molecule has 0 bridgehead atoms. The van der Waals surface area contributed by atoms with Crippen molar-refractivity contribution in [3.05, 3.63) is 65.5 Å². The maximum atomic E-state index is 13.5. The van der Waals surface area contributed by atoms with Crippen molar-refractivity contribution < 1.29 is 18.7 Å². The largest absolute Gasteiger partial charge is 0.483 e. The van der Waals surface area contributed by atoms with Crippen LogP contribution in [0.5, 0.6) is 5.75 Å². The van der Waals surface area contributed by atoms with Crippen LogP contribution in [-0.2, 0) is 0 Å². The molecule has 1 saturated heterocycles. The molecule has 2 aromatic carbocycles. The van der Waals surface area contributed by atoms with Crippen molar-refractivity contribution in [2.75, 3.05) is 19.6 Å². The molecule has 2 aliphatic rings. The summed E-state index contributed by atoms with van der Waals surface area (Å²) in [6.45, 7) is 1.25. The molecule has 1 fully saturated rings. The van der Waals surface area contributed by atoms with E-state index in [1.54, 1.807) is 29.2 Å². The molecule has 2 aliphatic heterocycles. The van der Waals surface area contributed by atoms with Gasteiger partial charge >= 0.3 is 0 Å². The van der Waals surface area contributed by atoms with Gasteiger partial charge in [-0.2, -0.15) is 0 Å². The summed E-state index contributed by atoms with van der Waals surface area (Å²) in [6, 6.07) is 12.8. The normalized spacial score (nSPS) is 22.2. The number of benzene rings is 2. The van der Waals surface area contributed by atoms with Gasteiger partial charge in [0.15, 0.2) is 0 Å². The van der Waals surface area contributed by atoms with Gasteiger partial charge in [-0.05, 0) is 43.2 Å². The van der Waals surface area contributed by atoms with Crippen LogP contribution in [0.4, 0.5) is 4.39 Å². The van der Waals surface area contributed by atoms with Crippen LogP contribution in [0.15, 0.2) is 48.5 Å². The van der Waals surface area contributed by atoms with E-state index in [-0.39, 0.29) is 11.8 Å². The highest BCUT2D eigenvalue weighted by Gasteiger charge is 2.42. The zero-order chi connectivity index (χ0) is 18.1. The van der Waals surface area contributed by atoms with Gasteiger partial charge < -0.3 is 15.0 Å². The Bertz CT molecular complexity index is 870. The number of halogens is 1. The Morgan fingerprint density at radius 3 is 2.88 bits per heavy atom. The first-order valence-electron chi connectivity index (χ1n) is 8.67. The minimum absolute atomic E-state index is 0.175. The molecular weight excluding hydrogens is 335 g/mol. The quantitative estimate of drug-likeness (QED) is 0.856. The molecule has 2 aromatic rings. The number of carbonyl (C=O) groups excluding carboxylic acids is 2. The van der Waals surface area contributed by atoms with Crippen LogP contribution in [0.3, 0.4) is 0 Å². The van der Waals surface area contributed by atoms with E-state index in [4.69, 9.17) is 4.74 Å². The standard InChI is InChI=1S/C20H19FN2O3/c21-15-6-3-5-14(11-15)19(25)23-10-4-9-20(13-23)12-22-18(24)16-7-1-2-8-17(16)26-20/h1-3,5-8,11H,4,9-10,12-13H2,(H,22,24). The number of rotatable bonds is 1. The zero-order valence-corrected chi connectivity index (χ0v) is 14.2. The molecule has 2 amide bonds. The van der Waals surface area contributed by atoms with E-state index < -0.39 is 11.4 Å². The molecule has 1 unspecified atom stereocenters. The Labute approximate surface area is 150 Å². The number of nitrogens with zero attached hydrogens (tertiary/aromatic N) is 1. The molecule has 4 rings (SSSR count). The van der Waals surface area contributed by atoms with Crippen molar-refractivity contribution in [3.63, 3.8) is 0 Å². The summed E-state index contributed by atoms with van der Waals surface area (Å²) in [4.78, 5) is 26.8. The first kappa shape index (κ1) is 16.6. The van der Waals surface area contributed by atoms with Gasteiger partial charge in [0.05, 0.1) is 18.7 Å². The summed E-state index contributed by atoms with van der Waals surface area (Å²) in [7, 11) is 0. The van der Waals surface area contributed by atoms with Gasteiger partial charge in [0, 0.05) is 12.1 Å². The molecule has 134 valence electrons. The third kappa shape index (κ3) is 3.03. The Morgan fingerprint density at radius 2 is 2.04 bits per heavy atom. The molecule has 0 aromatic heterocycles. The predicted octanol–water partition coefficient (Wildman–Crippen LogP) is 2.62. The van der Waals surface area contributed by atoms with E-state index in [1.165, 1.54) is 18.2 Å². The lowest BCUT2D eigenvalue weighted by Gasteiger charge is -2.42. The number of fused-ring (bicyclic) bond motifs is 1. The van der Waals surface area contributed by atoms with E-state index in [9.17, 15) is 14.0 Å². The average molecular weight is 354 g/mol. The molecule has 1 spiro atoms. The summed E-state index contributed by atoms with van der Waals surface area (Å²) in [5.74, 6) is -0.306. The van der Waals surface area contributed by atoms with Gasteiger partial charge in [-0.15, -0.1) is 0 Å². The van der Waals surface area contributed by atoms with Crippen LogP contribution < -0.4 is 10.1 Å². The number of piperidine rings is 1. The second-order valence-electron chi connectivity index (χ2n) is 6.80. The molecule has 6 heteroatoms. The smallest absolute Gasteiger partial charge is 0.255 e. The summed E-state index contributed by atoms with van der Waals surface area (Å²) >= 11 is 0. The highest BCUT2D eigenvalue weighted by atomic mass is 19.1. The second kappa shape index (κ2) is 6.44.